The van der Waals surface area contributed by atoms with E-state index in [1.165, 1.54) is 24.3 Å². The highest BCUT2D eigenvalue weighted by atomic mass is 79.9. The molecule has 0 heterocycles. The van der Waals surface area contributed by atoms with Crippen molar-refractivity contribution in [3.63, 3.8) is 0 Å². The molecule has 0 aliphatic carbocycles. The molecular formula is C16H10BrCl2NO3. The molecule has 23 heavy (non-hydrogen) atoms. The predicted molar refractivity (Wildman–Crippen MR) is 93.8 cm³/mol. The van der Waals surface area contributed by atoms with E-state index in [0.717, 1.165) is 0 Å². The van der Waals surface area contributed by atoms with E-state index >= 15 is 0 Å². The lowest BCUT2D eigenvalue weighted by Crippen LogP contribution is -2.28. The van der Waals surface area contributed by atoms with E-state index in [1.807, 2.05) is 0 Å². The van der Waals surface area contributed by atoms with Crippen LogP contribution in [0.15, 0.2) is 46.9 Å². The molecule has 2 amide bonds. The summed E-state index contributed by atoms with van der Waals surface area (Å²) < 4.78 is 0.610. The number of phenols is 1. The Morgan fingerprint density at radius 3 is 2.52 bits per heavy atom. The van der Waals surface area contributed by atoms with Crippen LogP contribution in [-0.2, 0) is 4.79 Å². The van der Waals surface area contributed by atoms with Gasteiger partial charge in [0.1, 0.15) is 5.75 Å². The molecule has 0 saturated heterocycles. The molecule has 0 unspecified atom stereocenters. The van der Waals surface area contributed by atoms with Gasteiger partial charge < -0.3 is 5.11 Å². The maximum Gasteiger partial charge on any atom is 0.261 e. The zero-order valence-electron chi connectivity index (χ0n) is 11.5. The fourth-order valence-electron chi connectivity index (χ4n) is 1.70. The SMILES string of the molecule is O=C(C=Cc1ccc(Cl)c(Cl)c1)NC(=O)c1cc(Br)ccc1O. The Balaban J connectivity index is 2.06. The topological polar surface area (TPSA) is 66.4 Å². The lowest BCUT2D eigenvalue weighted by molar-refractivity contribution is -0.115. The van der Waals surface area contributed by atoms with Crippen molar-refractivity contribution in [1.82, 2.24) is 5.32 Å². The minimum Gasteiger partial charge on any atom is -0.507 e. The van der Waals surface area contributed by atoms with E-state index in [1.54, 1.807) is 24.3 Å². The Hall–Kier alpha value is -1.82. The number of amides is 2. The van der Waals surface area contributed by atoms with Crippen LogP contribution in [0.2, 0.25) is 10.0 Å². The van der Waals surface area contributed by atoms with Crippen LogP contribution in [0, 0.1) is 0 Å². The smallest absolute Gasteiger partial charge is 0.261 e. The van der Waals surface area contributed by atoms with Gasteiger partial charge in [-0.2, -0.15) is 0 Å². The number of nitrogens with one attached hydrogen (secondary N) is 1. The van der Waals surface area contributed by atoms with Crippen molar-refractivity contribution in [2.75, 3.05) is 0 Å². The molecule has 2 N–H and O–H groups in total. The molecule has 118 valence electrons. The standard InChI is InChI=1S/C16H10BrCl2NO3/c17-10-3-5-14(21)11(8-10)16(23)20-15(22)6-2-9-1-4-12(18)13(19)7-9/h1-8,21H,(H,20,22,23). The van der Waals surface area contributed by atoms with Crippen LogP contribution in [0.1, 0.15) is 15.9 Å². The van der Waals surface area contributed by atoms with Crippen molar-refractivity contribution in [2.24, 2.45) is 0 Å². The van der Waals surface area contributed by atoms with Crippen molar-refractivity contribution >= 4 is 57.0 Å². The van der Waals surface area contributed by atoms with Crippen LogP contribution >= 0.6 is 39.1 Å². The highest BCUT2D eigenvalue weighted by molar-refractivity contribution is 9.10. The number of carbonyl (C=O) groups is 2. The second kappa shape index (κ2) is 7.64. The number of phenolic OH excluding ortho intramolecular Hbond substituents is 1. The molecule has 2 aromatic rings. The van der Waals surface area contributed by atoms with Gasteiger partial charge in [-0.05, 0) is 42.0 Å². The molecule has 4 nitrogen and oxygen atoms in total. The number of imide groups is 1. The van der Waals surface area contributed by atoms with Crippen LogP contribution in [0.3, 0.4) is 0 Å². The summed E-state index contributed by atoms with van der Waals surface area (Å²) in [5.41, 5.74) is 0.656. The number of rotatable bonds is 3. The molecule has 0 aromatic heterocycles. The van der Waals surface area contributed by atoms with Gasteiger partial charge in [-0.25, -0.2) is 0 Å². The number of hydrogen-bond donors (Lipinski definition) is 2. The van der Waals surface area contributed by atoms with Gasteiger partial charge in [-0.15, -0.1) is 0 Å². The van der Waals surface area contributed by atoms with Crippen molar-refractivity contribution in [2.45, 2.75) is 0 Å². The molecule has 0 aliphatic heterocycles. The minimum atomic E-state index is -0.701. The summed E-state index contributed by atoms with van der Waals surface area (Å²) in [6, 6.07) is 9.23. The van der Waals surface area contributed by atoms with E-state index in [0.29, 0.717) is 20.1 Å². The van der Waals surface area contributed by atoms with Crippen molar-refractivity contribution in [3.05, 3.63) is 68.1 Å². The minimum absolute atomic E-state index is 0.00402. The second-order valence-corrected chi connectivity index (χ2v) is 6.22. The second-order valence-electron chi connectivity index (χ2n) is 4.49. The first kappa shape index (κ1) is 17.5. The van der Waals surface area contributed by atoms with Gasteiger partial charge in [0.05, 0.1) is 15.6 Å². The van der Waals surface area contributed by atoms with Crippen LogP contribution in [0.4, 0.5) is 0 Å². The lowest BCUT2D eigenvalue weighted by Gasteiger charge is -2.04. The molecule has 0 bridgehead atoms. The summed E-state index contributed by atoms with van der Waals surface area (Å²) in [5.74, 6) is -1.54. The molecule has 0 radical (unpaired) electrons. The van der Waals surface area contributed by atoms with Crippen molar-refractivity contribution in [1.29, 1.82) is 0 Å². The summed E-state index contributed by atoms with van der Waals surface area (Å²) >= 11 is 14.9. The number of carbonyl (C=O) groups excluding carboxylic acids is 2. The monoisotopic (exact) mass is 413 g/mol. The Labute approximate surface area is 150 Å². The average molecular weight is 415 g/mol. The summed E-state index contributed by atoms with van der Waals surface area (Å²) in [6.45, 7) is 0. The van der Waals surface area contributed by atoms with Crippen LogP contribution in [0.25, 0.3) is 6.08 Å². The Morgan fingerprint density at radius 2 is 1.83 bits per heavy atom. The molecule has 7 heteroatoms. The maximum atomic E-state index is 12.0. The van der Waals surface area contributed by atoms with Gasteiger partial charge in [0.2, 0.25) is 0 Å². The molecule has 0 spiro atoms. The number of benzene rings is 2. The normalized spacial score (nSPS) is 10.7. The van der Waals surface area contributed by atoms with Gasteiger partial charge >= 0.3 is 0 Å². The van der Waals surface area contributed by atoms with Gasteiger partial charge in [0.25, 0.3) is 11.8 Å². The summed E-state index contributed by atoms with van der Waals surface area (Å²) in [6.07, 6.45) is 2.68. The zero-order chi connectivity index (χ0) is 17.0. The average Bonchev–Trinajstić information content (AvgIpc) is 2.50. The fourth-order valence-corrected chi connectivity index (χ4v) is 2.37. The summed E-state index contributed by atoms with van der Waals surface area (Å²) in [7, 11) is 0. The van der Waals surface area contributed by atoms with Crippen LogP contribution in [0.5, 0.6) is 5.75 Å². The van der Waals surface area contributed by atoms with E-state index in [2.05, 4.69) is 21.2 Å². The molecule has 2 aromatic carbocycles. The first-order valence-corrected chi connectivity index (χ1v) is 7.88. The molecule has 0 atom stereocenters. The molecule has 0 aliphatic rings. The van der Waals surface area contributed by atoms with Crippen LogP contribution in [-0.4, -0.2) is 16.9 Å². The van der Waals surface area contributed by atoms with E-state index in [-0.39, 0.29) is 11.3 Å². The third kappa shape index (κ3) is 4.82. The largest absolute Gasteiger partial charge is 0.507 e. The fraction of sp³-hybridized carbons (Fsp3) is 0. The Kier molecular flexibility index (Phi) is 5.82. The van der Waals surface area contributed by atoms with Gasteiger partial charge in [-0.1, -0.05) is 45.2 Å². The highest BCUT2D eigenvalue weighted by Crippen LogP contribution is 2.23. The summed E-state index contributed by atoms with van der Waals surface area (Å²) in [5, 5.41) is 12.6. The third-order valence-corrected chi connectivity index (χ3v) is 4.04. The van der Waals surface area contributed by atoms with Crippen molar-refractivity contribution in [3.8, 4) is 5.75 Å². The van der Waals surface area contributed by atoms with Gasteiger partial charge in [-0.3, -0.25) is 14.9 Å². The van der Waals surface area contributed by atoms with E-state index < -0.39 is 11.8 Å². The van der Waals surface area contributed by atoms with Crippen molar-refractivity contribution < 1.29 is 14.7 Å². The quantitative estimate of drug-likeness (QED) is 0.730. The number of halogens is 3. The highest BCUT2D eigenvalue weighted by Gasteiger charge is 2.13. The first-order chi connectivity index (χ1) is 10.9. The van der Waals surface area contributed by atoms with Gasteiger partial charge in [0.15, 0.2) is 0 Å². The number of aromatic hydroxyl groups is 1. The van der Waals surface area contributed by atoms with E-state index in [4.69, 9.17) is 23.2 Å². The molecule has 0 saturated carbocycles. The Bertz CT molecular complexity index is 806. The molecule has 0 fully saturated rings. The summed E-state index contributed by atoms with van der Waals surface area (Å²) in [4.78, 5) is 23.7. The third-order valence-electron chi connectivity index (χ3n) is 2.81. The first-order valence-electron chi connectivity index (χ1n) is 6.34. The molecular weight excluding hydrogens is 405 g/mol. The molecule has 2 rings (SSSR count). The van der Waals surface area contributed by atoms with E-state index in [9.17, 15) is 14.7 Å². The van der Waals surface area contributed by atoms with Gasteiger partial charge in [0, 0.05) is 10.5 Å². The maximum absolute atomic E-state index is 12.0. The Morgan fingerprint density at radius 1 is 1.09 bits per heavy atom. The lowest BCUT2D eigenvalue weighted by atomic mass is 10.2. The predicted octanol–water partition coefficient (Wildman–Crippen LogP) is 4.43. The van der Waals surface area contributed by atoms with Crippen LogP contribution < -0.4 is 5.32 Å². The number of hydrogen-bond acceptors (Lipinski definition) is 3. The zero-order valence-corrected chi connectivity index (χ0v) is 14.6.